The molecule has 1 N–H and O–H groups in total. The minimum atomic E-state index is -4.50. The van der Waals surface area contributed by atoms with E-state index in [1.807, 2.05) is 0 Å². The largest absolute Gasteiger partial charge is 0.435 e. The molecule has 0 saturated carbocycles. The van der Waals surface area contributed by atoms with Gasteiger partial charge in [-0.05, 0) is 44.2 Å². The maximum atomic E-state index is 12.6. The summed E-state index contributed by atoms with van der Waals surface area (Å²) in [6.45, 7) is 3.37. The summed E-state index contributed by atoms with van der Waals surface area (Å²) in [7, 11) is 0. The van der Waals surface area contributed by atoms with Gasteiger partial charge < -0.3 is 9.84 Å². The lowest BCUT2D eigenvalue weighted by molar-refractivity contribution is -0.141. The van der Waals surface area contributed by atoms with Crippen molar-refractivity contribution in [3.05, 3.63) is 59.2 Å². The van der Waals surface area contributed by atoms with Crippen molar-refractivity contribution >= 4 is 11.6 Å². The van der Waals surface area contributed by atoms with Gasteiger partial charge >= 0.3 is 6.18 Å². The molecule has 0 unspecified atom stereocenters. The zero-order valence-corrected chi connectivity index (χ0v) is 13.3. The van der Waals surface area contributed by atoms with Crippen LogP contribution in [0.25, 0.3) is 5.69 Å². The van der Waals surface area contributed by atoms with Gasteiger partial charge in [-0.25, -0.2) is 4.68 Å². The number of carbonyl (C=O) groups excluding carboxylic acids is 1. The van der Waals surface area contributed by atoms with Gasteiger partial charge in [-0.15, -0.1) is 0 Å². The summed E-state index contributed by atoms with van der Waals surface area (Å²) in [6.07, 6.45) is -3.29. The number of carbonyl (C=O) groups is 1. The first-order valence-corrected chi connectivity index (χ1v) is 7.23. The Labute approximate surface area is 140 Å². The number of amides is 1. The van der Waals surface area contributed by atoms with E-state index >= 15 is 0 Å². The van der Waals surface area contributed by atoms with Gasteiger partial charge in [-0.3, -0.25) is 4.79 Å². The molecule has 0 atom stereocenters. The van der Waals surface area contributed by atoms with Gasteiger partial charge in [0.1, 0.15) is 11.4 Å². The summed E-state index contributed by atoms with van der Waals surface area (Å²) in [5.41, 5.74) is 0.818. The third kappa shape index (κ3) is 3.39. The van der Waals surface area contributed by atoms with Crippen LogP contribution < -0.4 is 5.32 Å². The third-order valence-electron chi connectivity index (χ3n) is 3.55. The van der Waals surface area contributed by atoms with E-state index in [-0.39, 0.29) is 5.91 Å². The molecule has 2 heterocycles. The van der Waals surface area contributed by atoms with Crippen molar-refractivity contribution in [2.45, 2.75) is 20.0 Å². The van der Waals surface area contributed by atoms with E-state index in [1.54, 1.807) is 13.8 Å². The molecule has 0 spiro atoms. The molecule has 1 aromatic carbocycles. The zero-order chi connectivity index (χ0) is 18.2. The van der Waals surface area contributed by atoms with Crippen LogP contribution in [0, 0.1) is 13.8 Å². The number of aryl methyl sites for hydroxylation is 2. The average molecular weight is 350 g/mol. The fraction of sp³-hybridized carbons (Fsp3) is 0.188. The summed E-state index contributed by atoms with van der Waals surface area (Å²) in [6, 6.07) is 6.90. The molecule has 0 aliphatic carbocycles. The maximum Gasteiger partial charge on any atom is 0.435 e. The summed E-state index contributed by atoms with van der Waals surface area (Å²) in [5, 5.41) is 9.92. The van der Waals surface area contributed by atoms with Crippen molar-refractivity contribution in [2.24, 2.45) is 0 Å². The molecule has 2 aromatic heterocycles. The number of alkyl halides is 3. The van der Waals surface area contributed by atoms with Crippen molar-refractivity contribution in [1.82, 2.24) is 14.9 Å². The Morgan fingerprint density at radius 1 is 1.16 bits per heavy atom. The molecule has 6 nitrogen and oxygen atoms in total. The van der Waals surface area contributed by atoms with Crippen molar-refractivity contribution in [3.8, 4) is 5.69 Å². The van der Waals surface area contributed by atoms with Gasteiger partial charge in [0.25, 0.3) is 5.91 Å². The minimum Gasteiger partial charge on any atom is -0.359 e. The molecule has 0 aliphatic heterocycles. The standard InChI is InChI=1S/C16H13F3N4O2/c1-9-14(10(2)25-22-9)20-15(24)11-3-5-12(6-4-11)23-8-7-13(21-23)16(17,18)19/h3-8H,1-2H3,(H,20,24). The smallest absolute Gasteiger partial charge is 0.359 e. The van der Waals surface area contributed by atoms with Crippen molar-refractivity contribution in [2.75, 3.05) is 5.32 Å². The fourth-order valence-corrected chi connectivity index (χ4v) is 2.23. The summed E-state index contributed by atoms with van der Waals surface area (Å²) in [4.78, 5) is 12.2. The van der Waals surface area contributed by atoms with Crippen LogP contribution in [0.3, 0.4) is 0 Å². The van der Waals surface area contributed by atoms with Gasteiger partial charge in [0, 0.05) is 11.8 Å². The van der Waals surface area contributed by atoms with Gasteiger partial charge in [-0.1, -0.05) is 5.16 Å². The van der Waals surface area contributed by atoms with Crippen molar-refractivity contribution in [3.63, 3.8) is 0 Å². The van der Waals surface area contributed by atoms with Crippen LogP contribution in [0.1, 0.15) is 27.5 Å². The van der Waals surface area contributed by atoms with Gasteiger partial charge in [0.2, 0.25) is 0 Å². The van der Waals surface area contributed by atoms with E-state index in [1.165, 1.54) is 30.5 Å². The van der Waals surface area contributed by atoms with Crippen LogP contribution in [-0.4, -0.2) is 20.8 Å². The van der Waals surface area contributed by atoms with Crippen LogP contribution in [-0.2, 0) is 6.18 Å². The van der Waals surface area contributed by atoms with Crippen LogP contribution in [0.5, 0.6) is 0 Å². The molecule has 3 aromatic rings. The van der Waals surface area contributed by atoms with Crippen molar-refractivity contribution < 1.29 is 22.5 Å². The average Bonchev–Trinajstić information content (AvgIpc) is 3.17. The molecule has 3 rings (SSSR count). The van der Waals surface area contributed by atoms with Crippen LogP contribution >= 0.6 is 0 Å². The van der Waals surface area contributed by atoms with Crippen LogP contribution in [0.15, 0.2) is 41.1 Å². The highest BCUT2D eigenvalue weighted by atomic mass is 19.4. The Morgan fingerprint density at radius 2 is 1.84 bits per heavy atom. The number of anilines is 1. The quantitative estimate of drug-likeness (QED) is 0.781. The highest BCUT2D eigenvalue weighted by Gasteiger charge is 2.33. The predicted molar refractivity (Wildman–Crippen MR) is 82.5 cm³/mol. The van der Waals surface area contributed by atoms with E-state index in [0.29, 0.717) is 28.4 Å². The molecule has 0 radical (unpaired) electrons. The first kappa shape index (κ1) is 16.7. The Hall–Kier alpha value is -3.10. The lowest BCUT2D eigenvalue weighted by Crippen LogP contribution is -2.13. The summed E-state index contributed by atoms with van der Waals surface area (Å²) >= 11 is 0. The fourth-order valence-electron chi connectivity index (χ4n) is 2.23. The number of nitrogens with zero attached hydrogens (tertiary/aromatic N) is 3. The minimum absolute atomic E-state index is 0.340. The highest BCUT2D eigenvalue weighted by molar-refractivity contribution is 6.04. The Bertz CT molecular complexity index is 891. The molecular formula is C16H13F3N4O2. The Kier molecular flexibility index (Phi) is 4.07. The maximum absolute atomic E-state index is 12.6. The third-order valence-corrected chi connectivity index (χ3v) is 3.55. The van der Waals surface area contributed by atoms with Gasteiger partial charge in [0.15, 0.2) is 11.5 Å². The normalized spacial score (nSPS) is 11.6. The first-order valence-electron chi connectivity index (χ1n) is 7.23. The van der Waals surface area contributed by atoms with Crippen LogP contribution in [0.2, 0.25) is 0 Å². The SMILES string of the molecule is Cc1noc(C)c1NC(=O)c1ccc(-n2ccc(C(F)(F)F)n2)cc1. The zero-order valence-electron chi connectivity index (χ0n) is 13.3. The second-order valence-corrected chi connectivity index (χ2v) is 5.34. The number of benzene rings is 1. The molecule has 25 heavy (non-hydrogen) atoms. The number of hydrogen-bond acceptors (Lipinski definition) is 4. The molecular weight excluding hydrogens is 337 g/mol. The van der Waals surface area contributed by atoms with Crippen LogP contribution in [0.4, 0.5) is 18.9 Å². The Balaban J connectivity index is 1.78. The monoisotopic (exact) mass is 350 g/mol. The van der Waals surface area contributed by atoms with Gasteiger partial charge in [-0.2, -0.15) is 18.3 Å². The van der Waals surface area contributed by atoms with E-state index in [0.717, 1.165) is 10.7 Å². The van der Waals surface area contributed by atoms with E-state index in [2.05, 4.69) is 15.6 Å². The number of hydrogen-bond donors (Lipinski definition) is 1. The molecule has 0 aliphatic rings. The summed E-state index contributed by atoms with van der Waals surface area (Å²) in [5.74, 6) is 0.107. The molecule has 0 saturated heterocycles. The Morgan fingerprint density at radius 3 is 2.36 bits per heavy atom. The lowest BCUT2D eigenvalue weighted by atomic mass is 10.2. The first-order chi connectivity index (χ1) is 11.8. The van der Waals surface area contributed by atoms with E-state index < -0.39 is 11.9 Å². The number of halogens is 3. The lowest BCUT2D eigenvalue weighted by Gasteiger charge is -2.06. The molecule has 9 heteroatoms. The van der Waals surface area contributed by atoms with E-state index in [4.69, 9.17) is 4.52 Å². The highest BCUT2D eigenvalue weighted by Crippen LogP contribution is 2.28. The number of nitrogens with one attached hydrogen (secondary N) is 1. The van der Waals surface area contributed by atoms with E-state index in [9.17, 15) is 18.0 Å². The van der Waals surface area contributed by atoms with Crippen molar-refractivity contribution in [1.29, 1.82) is 0 Å². The topological polar surface area (TPSA) is 73.0 Å². The molecule has 1 amide bonds. The number of aromatic nitrogens is 3. The second-order valence-electron chi connectivity index (χ2n) is 5.34. The predicted octanol–water partition coefficient (Wildman–Crippen LogP) is 3.75. The van der Waals surface area contributed by atoms with Gasteiger partial charge in [0.05, 0.1) is 5.69 Å². The molecule has 0 bridgehead atoms. The molecule has 0 fully saturated rings. The second kappa shape index (κ2) is 6.08. The number of rotatable bonds is 3. The summed E-state index contributed by atoms with van der Waals surface area (Å²) < 4.78 is 43.8. The molecule has 130 valence electrons.